The zero-order chi connectivity index (χ0) is 19.8. The van der Waals surface area contributed by atoms with Crippen LogP contribution in [-0.4, -0.2) is 41.5 Å². The molecular formula is C23H24N2O4. The maximum Gasteiger partial charge on any atom is 0.250 e. The monoisotopic (exact) mass is 392 g/mol. The molecule has 2 aromatic carbocycles. The number of fused-ring (bicyclic) bond motifs is 1. The van der Waals surface area contributed by atoms with Crippen LogP contribution in [0.1, 0.15) is 36.4 Å². The Kier molecular flexibility index (Phi) is 4.51. The zero-order valence-corrected chi connectivity index (χ0v) is 16.2. The van der Waals surface area contributed by atoms with Crippen molar-refractivity contribution in [1.29, 1.82) is 0 Å². The fourth-order valence-electron chi connectivity index (χ4n) is 4.32. The van der Waals surface area contributed by atoms with E-state index in [0.717, 1.165) is 36.1 Å². The lowest BCUT2D eigenvalue weighted by Crippen LogP contribution is -2.69. The third kappa shape index (κ3) is 3.38. The fourth-order valence-corrected chi connectivity index (χ4v) is 4.32. The summed E-state index contributed by atoms with van der Waals surface area (Å²) in [6, 6.07) is 16.2. The first-order valence-electron chi connectivity index (χ1n) is 10.2. The molecule has 0 radical (unpaired) electrons. The van der Waals surface area contributed by atoms with Crippen molar-refractivity contribution < 1.29 is 19.1 Å². The highest BCUT2D eigenvalue weighted by Crippen LogP contribution is 2.41. The van der Waals surface area contributed by atoms with Crippen LogP contribution in [-0.2, 0) is 20.9 Å². The molecule has 1 spiro atoms. The van der Waals surface area contributed by atoms with Crippen molar-refractivity contribution in [3.63, 3.8) is 0 Å². The Balaban J connectivity index is 1.28. The van der Waals surface area contributed by atoms with E-state index in [1.165, 1.54) is 0 Å². The van der Waals surface area contributed by atoms with E-state index in [1.54, 1.807) is 4.90 Å². The van der Waals surface area contributed by atoms with Crippen molar-refractivity contribution in [2.24, 2.45) is 0 Å². The molecule has 3 aliphatic rings. The van der Waals surface area contributed by atoms with Gasteiger partial charge in [-0.15, -0.1) is 0 Å². The van der Waals surface area contributed by atoms with Gasteiger partial charge < -0.3 is 19.7 Å². The molecule has 2 unspecified atom stereocenters. The Labute approximate surface area is 169 Å². The van der Waals surface area contributed by atoms with Gasteiger partial charge in [-0.05, 0) is 42.5 Å². The van der Waals surface area contributed by atoms with E-state index in [4.69, 9.17) is 9.47 Å². The standard InChI is InChI=1S/C23H24N2O4/c26-21-19-14-29-23(11-4-12-23)15-25(19)22(27)20(24-21)17-7-9-18(10-8-17)28-13-16-5-2-1-3-6-16/h1-3,5-10,19-20H,4,11-15H2,(H,24,26). The number of rotatable bonds is 4. The minimum Gasteiger partial charge on any atom is -0.489 e. The smallest absolute Gasteiger partial charge is 0.250 e. The number of morpholine rings is 1. The molecule has 2 aliphatic heterocycles. The largest absolute Gasteiger partial charge is 0.489 e. The van der Waals surface area contributed by atoms with E-state index < -0.39 is 12.1 Å². The number of nitrogens with zero attached hydrogens (tertiary/aromatic N) is 1. The number of hydrogen-bond donors (Lipinski definition) is 1. The topological polar surface area (TPSA) is 67.9 Å². The van der Waals surface area contributed by atoms with Gasteiger partial charge in [-0.25, -0.2) is 0 Å². The van der Waals surface area contributed by atoms with Gasteiger partial charge in [0.1, 0.15) is 24.4 Å². The Morgan fingerprint density at radius 1 is 1.07 bits per heavy atom. The molecule has 6 nitrogen and oxygen atoms in total. The van der Waals surface area contributed by atoms with Crippen molar-refractivity contribution >= 4 is 11.8 Å². The average Bonchev–Trinajstić information content (AvgIpc) is 2.74. The van der Waals surface area contributed by atoms with Crippen molar-refractivity contribution in [2.45, 2.75) is 43.6 Å². The summed E-state index contributed by atoms with van der Waals surface area (Å²) in [7, 11) is 0. The van der Waals surface area contributed by atoms with Gasteiger partial charge in [0.15, 0.2) is 0 Å². The van der Waals surface area contributed by atoms with E-state index in [0.29, 0.717) is 13.2 Å². The highest BCUT2D eigenvalue weighted by molar-refractivity contribution is 5.97. The van der Waals surface area contributed by atoms with Gasteiger partial charge in [0.05, 0.1) is 18.8 Å². The molecule has 2 saturated heterocycles. The van der Waals surface area contributed by atoms with Gasteiger partial charge in [-0.2, -0.15) is 0 Å². The summed E-state index contributed by atoms with van der Waals surface area (Å²) in [5, 5.41) is 2.87. The van der Waals surface area contributed by atoms with E-state index in [1.807, 2.05) is 54.6 Å². The molecule has 5 rings (SSSR count). The molecule has 6 heteroatoms. The van der Waals surface area contributed by atoms with Crippen LogP contribution in [0.2, 0.25) is 0 Å². The van der Waals surface area contributed by atoms with Gasteiger partial charge in [0.25, 0.3) is 5.91 Å². The predicted molar refractivity (Wildman–Crippen MR) is 106 cm³/mol. The molecule has 2 amide bonds. The van der Waals surface area contributed by atoms with Crippen molar-refractivity contribution in [3.8, 4) is 5.75 Å². The van der Waals surface area contributed by atoms with Gasteiger partial charge in [0, 0.05) is 0 Å². The summed E-state index contributed by atoms with van der Waals surface area (Å²) < 4.78 is 11.8. The first-order chi connectivity index (χ1) is 14.1. The highest BCUT2D eigenvalue weighted by Gasteiger charge is 2.51. The number of amides is 2. The number of hydrogen-bond acceptors (Lipinski definition) is 4. The van der Waals surface area contributed by atoms with Crippen molar-refractivity contribution in [2.75, 3.05) is 13.2 Å². The van der Waals surface area contributed by atoms with Crippen molar-refractivity contribution in [3.05, 3.63) is 65.7 Å². The van der Waals surface area contributed by atoms with Crippen LogP contribution in [0.5, 0.6) is 5.75 Å². The second kappa shape index (κ2) is 7.19. The molecule has 2 aromatic rings. The second-order valence-corrected chi connectivity index (χ2v) is 8.11. The van der Waals surface area contributed by atoms with Crippen molar-refractivity contribution in [1.82, 2.24) is 10.2 Å². The molecule has 1 N–H and O–H groups in total. The zero-order valence-electron chi connectivity index (χ0n) is 16.2. The van der Waals surface area contributed by atoms with E-state index >= 15 is 0 Å². The third-order valence-electron chi connectivity index (χ3n) is 6.23. The Morgan fingerprint density at radius 2 is 1.83 bits per heavy atom. The molecule has 29 heavy (non-hydrogen) atoms. The molecular weight excluding hydrogens is 368 g/mol. The molecule has 0 aromatic heterocycles. The van der Waals surface area contributed by atoms with Crippen LogP contribution in [0, 0.1) is 0 Å². The van der Waals surface area contributed by atoms with Gasteiger partial charge in [-0.3, -0.25) is 9.59 Å². The average molecular weight is 392 g/mol. The van der Waals surface area contributed by atoms with Crippen LogP contribution in [0.15, 0.2) is 54.6 Å². The maximum absolute atomic E-state index is 13.2. The lowest BCUT2D eigenvalue weighted by Gasteiger charge is -2.53. The van der Waals surface area contributed by atoms with E-state index in [9.17, 15) is 9.59 Å². The maximum atomic E-state index is 13.2. The lowest BCUT2D eigenvalue weighted by atomic mass is 9.77. The first-order valence-corrected chi connectivity index (χ1v) is 10.2. The SMILES string of the molecule is O=C1NC(c2ccc(OCc3ccccc3)cc2)C(=O)N2CC3(CCC3)OCC12. The summed E-state index contributed by atoms with van der Waals surface area (Å²) in [5.41, 5.74) is 1.63. The number of carbonyl (C=O) groups excluding carboxylic acids is 2. The summed E-state index contributed by atoms with van der Waals surface area (Å²) in [6.45, 7) is 1.28. The molecule has 3 fully saturated rings. The molecule has 0 bridgehead atoms. The fraction of sp³-hybridized carbons (Fsp3) is 0.391. The minimum atomic E-state index is -0.655. The quantitative estimate of drug-likeness (QED) is 0.869. The summed E-state index contributed by atoms with van der Waals surface area (Å²) in [5.74, 6) is 0.528. The highest BCUT2D eigenvalue weighted by atomic mass is 16.5. The third-order valence-corrected chi connectivity index (χ3v) is 6.23. The molecule has 1 saturated carbocycles. The summed E-state index contributed by atoms with van der Waals surface area (Å²) >= 11 is 0. The summed E-state index contributed by atoms with van der Waals surface area (Å²) in [4.78, 5) is 27.5. The van der Waals surface area contributed by atoms with Crippen LogP contribution in [0.3, 0.4) is 0 Å². The number of ether oxygens (including phenoxy) is 2. The predicted octanol–water partition coefficient (Wildman–Crippen LogP) is 2.59. The second-order valence-electron chi connectivity index (χ2n) is 8.11. The number of benzene rings is 2. The van der Waals surface area contributed by atoms with E-state index in [2.05, 4.69) is 5.32 Å². The minimum absolute atomic E-state index is 0.0536. The number of carbonyl (C=O) groups is 2. The van der Waals surface area contributed by atoms with Gasteiger partial charge >= 0.3 is 0 Å². The lowest BCUT2D eigenvalue weighted by molar-refractivity contribution is -0.192. The van der Waals surface area contributed by atoms with E-state index in [-0.39, 0.29) is 24.0 Å². The van der Waals surface area contributed by atoms with Crippen LogP contribution in [0.25, 0.3) is 0 Å². The van der Waals surface area contributed by atoms with Crippen LogP contribution < -0.4 is 10.1 Å². The Bertz CT molecular complexity index is 908. The molecule has 1 aliphatic carbocycles. The Morgan fingerprint density at radius 3 is 2.52 bits per heavy atom. The Hall–Kier alpha value is -2.86. The molecule has 150 valence electrons. The number of piperazine rings is 1. The number of nitrogens with one attached hydrogen (secondary N) is 1. The van der Waals surface area contributed by atoms with Crippen LogP contribution in [0.4, 0.5) is 0 Å². The molecule has 2 heterocycles. The van der Waals surface area contributed by atoms with Gasteiger partial charge in [-0.1, -0.05) is 42.5 Å². The molecule has 2 atom stereocenters. The summed E-state index contributed by atoms with van der Waals surface area (Å²) in [6.07, 6.45) is 3.04. The van der Waals surface area contributed by atoms with Crippen LogP contribution >= 0.6 is 0 Å². The normalized spacial score (nSPS) is 25.2. The first kappa shape index (κ1) is 18.2. The van der Waals surface area contributed by atoms with Gasteiger partial charge in [0.2, 0.25) is 5.91 Å².